The van der Waals surface area contributed by atoms with Crippen molar-refractivity contribution in [2.45, 2.75) is 13.3 Å². The van der Waals surface area contributed by atoms with Gasteiger partial charge in [-0.25, -0.2) is 8.78 Å². The maximum atomic E-state index is 12.0. The molecule has 0 saturated heterocycles. The van der Waals surface area contributed by atoms with Crippen molar-refractivity contribution in [1.82, 2.24) is 4.98 Å². The van der Waals surface area contributed by atoms with Gasteiger partial charge in [0.15, 0.2) is 0 Å². The highest BCUT2D eigenvalue weighted by atomic mass is 19.3. The average molecular weight is 159 g/mol. The third kappa shape index (κ3) is 1.63. The molecule has 2 nitrogen and oxygen atoms in total. The summed E-state index contributed by atoms with van der Waals surface area (Å²) in [5, 5.41) is 0. The zero-order chi connectivity index (χ0) is 8.43. The van der Waals surface area contributed by atoms with E-state index in [4.69, 9.17) is 0 Å². The van der Waals surface area contributed by atoms with Crippen LogP contribution in [-0.2, 0) is 0 Å². The van der Waals surface area contributed by atoms with Crippen molar-refractivity contribution >= 4 is 0 Å². The molecule has 0 aliphatic heterocycles. The summed E-state index contributed by atoms with van der Waals surface area (Å²) >= 11 is 0. The van der Waals surface area contributed by atoms with E-state index in [1.807, 2.05) is 0 Å². The van der Waals surface area contributed by atoms with Crippen molar-refractivity contribution in [2.75, 3.05) is 0 Å². The van der Waals surface area contributed by atoms with Gasteiger partial charge in [-0.1, -0.05) is 0 Å². The van der Waals surface area contributed by atoms with Crippen LogP contribution < -0.4 is 5.56 Å². The Balaban J connectivity index is 3.24. The van der Waals surface area contributed by atoms with Gasteiger partial charge in [0, 0.05) is 6.20 Å². The van der Waals surface area contributed by atoms with Crippen molar-refractivity contribution in [1.29, 1.82) is 0 Å². The van der Waals surface area contributed by atoms with E-state index < -0.39 is 17.5 Å². The lowest BCUT2D eigenvalue weighted by molar-refractivity contribution is 0.149. The zero-order valence-electron chi connectivity index (χ0n) is 5.90. The second-order valence-corrected chi connectivity index (χ2v) is 2.26. The van der Waals surface area contributed by atoms with Gasteiger partial charge in [-0.2, -0.15) is 0 Å². The molecule has 0 saturated carbocycles. The molecule has 1 heterocycles. The quantitative estimate of drug-likeness (QED) is 0.663. The molecule has 1 N–H and O–H groups in total. The Labute approximate surface area is 61.9 Å². The predicted octanol–water partition coefficient (Wildman–Crippen LogP) is 1.62. The average Bonchev–Trinajstić information content (AvgIpc) is 1.94. The monoisotopic (exact) mass is 159 g/mol. The van der Waals surface area contributed by atoms with Crippen molar-refractivity contribution in [3.05, 3.63) is 33.7 Å². The van der Waals surface area contributed by atoms with Gasteiger partial charge in [0.05, 0.1) is 5.56 Å². The fourth-order valence-corrected chi connectivity index (χ4v) is 0.777. The Morgan fingerprint density at radius 2 is 2.18 bits per heavy atom. The number of aromatic amines is 1. The first kappa shape index (κ1) is 7.91. The van der Waals surface area contributed by atoms with Gasteiger partial charge >= 0.3 is 0 Å². The van der Waals surface area contributed by atoms with E-state index in [0.717, 1.165) is 0 Å². The van der Waals surface area contributed by atoms with Gasteiger partial charge in [-0.3, -0.25) is 4.79 Å². The Hall–Kier alpha value is -1.19. The van der Waals surface area contributed by atoms with E-state index in [9.17, 15) is 13.6 Å². The van der Waals surface area contributed by atoms with Gasteiger partial charge in [0.1, 0.15) is 0 Å². The molecule has 0 bridgehead atoms. The summed E-state index contributed by atoms with van der Waals surface area (Å²) in [7, 11) is 0. The molecule has 0 aliphatic carbocycles. The lowest BCUT2D eigenvalue weighted by Crippen LogP contribution is -2.12. The van der Waals surface area contributed by atoms with Gasteiger partial charge in [-0.05, 0) is 18.6 Å². The fraction of sp³-hybridized carbons (Fsp3) is 0.286. The second-order valence-electron chi connectivity index (χ2n) is 2.26. The molecule has 0 amide bonds. The number of aryl methyl sites for hydroxylation is 1. The highest BCUT2D eigenvalue weighted by Gasteiger charge is 2.10. The van der Waals surface area contributed by atoms with E-state index in [1.165, 1.54) is 12.3 Å². The first-order valence-electron chi connectivity index (χ1n) is 3.08. The number of hydrogen-bond acceptors (Lipinski definition) is 1. The molecule has 11 heavy (non-hydrogen) atoms. The second kappa shape index (κ2) is 2.82. The van der Waals surface area contributed by atoms with Crippen molar-refractivity contribution in [2.24, 2.45) is 0 Å². The van der Waals surface area contributed by atoms with E-state index in [1.54, 1.807) is 6.92 Å². The molecular weight excluding hydrogens is 152 g/mol. The number of aromatic nitrogens is 1. The topological polar surface area (TPSA) is 32.9 Å². The number of hydrogen-bond donors (Lipinski definition) is 1. The molecule has 0 spiro atoms. The van der Waals surface area contributed by atoms with Crippen LogP contribution in [0.3, 0.4) is 0 Å². The number of rotatable bonds is 1. The summed E-state index contributed by atoms with van der Waals surface area (Å²) in [6.45, 7) is 1.64. The Morgan fingerprint density at radius 3 is 2.64 bits per heavy atom. The van der Waals surface area contributed by atoms with Crippen molar-refractivity contribution in [3.8, 4) is 0 Å². The Morgan fingerprint density at radius 1 is 1.55 bits per heavy atom. The summed E-state index contributed by atoms with van der Waals surface area (Å²) in [5.41, 5.74) is -0.560. The minimum absolute atomic E-state index is 0.468. The van der Waals surface area contributed by atoms with Gasteiger partial charge in [0.2, 0.25) is 0 Å². The highest BCUT2D eigenvalue weighted by Crippen LogP contribution is 2.14. The normalized spacial score (nSPS) is 10.5. The zero-order valence-corrected chi connectivity index (χ0v) is 5.90. The largest absolute Gasteiger partial charge is 0.328 e. The number of H-pyrrole nitrogens is 1. The third-order valence-corrected chi connectivity index (χ3v) is 1.31. The molecule has 4 heteroatoms. The van der Waals surface area contributed by atoms with E-state index >= 15 is 0 Å². The molecule has 60 valence electrons. The predicted molar refractivity (Wildman–Crippen MR) is 36.8 cm³/mol. The molecule has 1 rings (SSSR count). The molecule has 0 aliphatic rings. The SMILES string of the molecule is Cc1c[nH]c(=O)c(C(F)F)c1. The molecule has 0 aromatic carbocycles. The molecule has 0 fully saturated rings. The summed E-state index contributed by atoms with van der Waals surface area (Å²) in [6.07, 6.45) is -1.30. The van der Waals surface area contributed by atoms with E-state index in [2.05, 4.69) is 4.98 Å². The third-order valence-electron chi connectivity index (χ3n) is 1.31. The minimum Gasteiger partial charge on any atom is -0.328 e. The van der Waals surface area contributed by atoms with Crippen LogP contribution in [-0.4, -0.2) is 4.98 Å². The number of halogens is 2. The standard InChI is InChI=1S/C7H7F2NO/c1-4-2-5(6(8)9)7(11)10-3-4/h2-3,6H,1H3,(H,10,11). The first-order valence-corrected chi connectivity index (χ1v) is 3.08. The van der Waals surface area contributed by atoms with Crippen molar-refractivity contribution < 1.29 is 8.78 Å². The maximum absolute atomic E-state index is 12.0. The number of alkyl halides is 2. The molecule has 0 unspecified atom stereocenters. The van der Waals surface area contributed by atoms with Gasteiger partial charge in [0.25, 0.3) is 12.0 Å². The molecular formula is C7H7F2NO. The first-order chi connectivity index (χ1) is 5.11. The summed E-state index contributed by atoms with van der Waals surface area (Å²) in [4.78, 5) is 12.9. The van der Waals surface area contributed by atoms with E-state index in [-0.39, 0.29) is 0 Å². The van der Waals surface area contributed by atoms with Crippen LogP contribution in [0.1, 0.15) is 17.6 Å². The molecule has 1 aromatic heterocycles. The lowest BCUT2D eigenvalue weighted by atomic mass is 10.2. The molecule has 1 aromatic rings. The maximum Gasteiger partial charge on any atom is 0.269 e. The Bertz CT molecular complexity index is 306. The van der Waals surface area contributed by atoms with Crippen LogP contribution in [0, 0.1) is 6.92 Å². The van der Waals surface area contributed by atoms with Gasteiger partial charge < -0.3 is 4.98 Å². The van der Waals surface area contributed by atoms with Crippen LogP contribution in [0.2, 0.25) is 0 Å². The molecule has 0 radical (unpaired) electrons. The number of pyridine rings is 1. The van der Waals surface area contributed by atoms with Crippen molar-refractivity contribution in [3.63, 3.8) is 0 Å². The van der Waals surface area contributed by atoms with Crippen LogP contribution in [0.4, 0.5) is 8.78 Å². The van der Waals surface area contributed by atoms with Gasteiger partial charge in [-0.15, -0.1) is 0 Å². The summed E-state index contributed by atoms with van der Waals surface area (Å²) in [6, 6.07) is 1.18. The van der Waals surface area contributed by atoms with Crippen LogP contribution >= 0.6 is 0 Å². The molecule has 0 atom stereocenters. The summed E-state index contributed by atoms with van der Waals surface area (Å²) < 4.78 is 24.0. The summed E-state index contributed by atoms with van der Waals surface area (Å²) in [5.74, 6) is 0. The van der Waals surface area contributed by atoms with Crippen LogP contribution in [0.15, 0.2) is 17.1 Å². The van der Waals surface area contributed by atoms with E-state index in [0.29, 0.717) is 5.56 Å². The Kier molecular flexibility index (Phi) is 2.03. The number of nitrogens with one attached hydrogen (secondary N) is 1. The minimum atomic E-state index is -2.70. The fourth-order valence-electron chi connectivity index (χ4n) is 0.777. The smallest absolute Gasteiger partial charge is 0.269 e. The lowest BCUT2D eigenvalue weighted by Gasteiger charge is -1.97. The highest BCUT2D eigenvalue weighted by molar-refractivity contribution is 5.17. The van der Waals surface area contributed by atoms with Crippen LogP contribution in [0.5, 0.6) is 0 Å². The van der Waals surface area contributed by atoms with Crippen LogP contribution in [0.25, 0.3) is 0 Å².